The number of carboxylic acids is 1. The van der Waals surface area contributed by atoms with Crippen LogP contribution in [0.1, 0.15) is 25.3 Å². The van der Waals surface area contributed by atoms with Gasteiger partial charge >= 0.3 is 5.97 Å². The van der Waals surface area contributed by atoms with E-state index in [1.54, 1.807) is 0 Å². The van der Waals surface area contributed by atoms with Gasteiger partial charge in [0.25, 0.3) is 0 Å². The first-order valence-electron chi connectivity index (χ1n) is 8.85. The number of hydrogen-bond acceptors (Lipinski definition) is 4. The van der Waals surface area contributed by atoms with Gasteiger partial charge < -0.3 is 15.2 Å². The van der Waals surface area contributed by atoms with Crippen molar-refractivity contribution < 1.29 is 19.4 Å². The number of carbonyl (C=O) groups is 2. The third-order valence-electron chi connectivity index (χ3n) is 4.35. The number of ether oxygens (including phenoxy) is 1. The first-order valence-corrected chi connectivity index (χ1v) is 8.85. The van der Waals surface area contributed by atoms with E-state index in [-0.39, 0.29) is 18.4 Å². The lowest BCUT2D eigenvalue weighted by molar-refractivity contribution is -0.145. The molecule has 1 aromatic rings. The number of amides is 1. The highest BCUT2D eigenvalue weighted by Crippen LogP contribution is 2.21. The number of aliphatic carboxylic acids is 1. The summed E-state index contributed by atoms with van der Waals surface area (Å²) in [6, 6.07) is 7.87. The van der Waals surface area contributed by atoms with Gasteiger partial charge in [0.15, 0.2) is 0 Å². The molecule has 1 heterocycles. The van der Waals surface area contributed by atoms with Crippen molar-refractivity contribution in [1.82, 2.24) is 10.2 Å². The summed E-state index contributed by atoms with van der Waals surface area (Å²) in [5.74, 6) is -0.0722. The average molecular weight is 348 g/mol. The maximum Gasteiger partial charge on any atom is 0.307 e. The predicted octanol–water partition coefficient (Wildman–Crippen LogP) is 1.92. The molecule has 1 aliphatic rings. The predicted molar refractivity (Wildman–Crippen MR) is 95.6 cm³/mol. The second kappa shape index (κ2) is 9.42. The summed E-state index contributed by atoms with van der Waals surface area (Å²) in [6.45, 7) is 6.62. The molecule has 138 valence electrons. The average Bonchev–Trinajstić information content (AvgIpc) is 2.54. The highest BCUT2D eigenvalue weighted by atomic mass is 16.5. The third kappa shape index (κ3) is 6.74. The fourth-order valence-electron chi connectivity index (χ4n) is 3.22. The van der Waals surface area contributed by atoms with Gasteiger partial charge in [-0.15, -0.1) is 0 Å². The summed E-state index contributed by atoms with van der Waals surface area (Å²) in [5.41, 5.74) is 1.15. The lowest BCUT2D eigenvalue weighted by Crippen LogP contribution is -2.47. The van der Waals surface area contributed by atoms with Gasteiger partial charge in [0.1, 0.15) is 5.75 Å². The van der Waals surface area contributed by atoms with E-state index < -0.39 is 5.97 Å². The van der Waals surface area contributed by atoms with Crippen molar-refractivity contribution in [2.45, 2.75) is 26.7 Å². The molecule has 1 saturated heterocycles. The van der Waals surface area contributed by atoms with Crippen LogP contribution in [-0.4, -0.2) is 54.7 Å². The molecule has 2 N–H and O–H groups in total. The van der Waals surface area contributed by atoms with Gasteiger partial charge in [-0.1, -0.05) is 19.1 Å². The van der Waals surface area contributed by atoms with Crippen LogP contribution in [0.5, 0.6) is 5.75 Å². The summed E-state index contributed by atoms with van der Waals surface area (Å²) in [7, 11) is 0. The number of carboxylic acid groups (broad SMARTS) is 1. The van der Waals surface area contributed by atoms with Crippen molar-refractivity contribution in [2.75, 3.05) is 32.8 Å². The topological polar surface area (TPSA) is 78.9 Å². The number of piperidine rings is 1. The van der Waals surface area contributed by atoms with E-state index in [4.69, 9.17) is 4.74 Å². The largest absolute Gasteiger partial charge is 0.494 e. The Kier molecular flexibility index (Phi) is 7.25. The number of aryl methyl sites for hydroxylation is 1. The van der Waals surface area contributed by atoms with Gasteiger partial charge in [-0.2, -0.15) is 0 Å². The molecular formula is C19H28N2O4. The van der Waals surface area contributed by atoms with E-state index in [1.165, 1.54) is 0 Å². The lowest BCUT2D eigenvalue weighted by atomic mass is 9.90. The van der Waals surface area contributed by atoms with Gasteiger partial charge in [-0.25, -0.2) is 0 Å². The van der Waals surface area contributed by atoms with Gasteiger partial charge in [0.2, 0.25) is 5.91 Å². The molecule has 6 heteroatoms. The van der Waals surface area contributed by atoms with Crippen LogP contribution in [0.3, 0.4) is 0 Å². The molecule has 2 atom stereocenters. The standard InChI is InChI=1S/C19H28N2O4/c1-14-5-3-6-17(10-14)25-8-4-7-20-18(22)13-21-11-15(2)9-16(12-21)19(23)24/h3,5-6,10,15-16H,4,7-9,11-13H2,1-2H3,(H,20,22)(H,23,24). The van der Waals surface area contributed by atoms with Gasteiger partial charge in [0.05, 0.1) is 19.1 Å². The molecule has 0 aliphatic carbocycles. The van der Waals surface area contributed by atoms with Crippen LogP contribution in [0.4, 0.5) is 0 Å². The summed E-state index contributed by atoms with van der Waals surface area (Å²) < 4.78 is 5.65. The Morgan fingerprint density at radius 2 is 2.16 bits per heavy atom. The fourth-order valence-corrected chi connectivity index (χ4v) is 3.22. The number of likely N-dealkylation sites (tertiary alicyclic amines) is 1. The number of nitrogens with one attached hydrogen (secondary N) is 1. The van der Waals surface area contributed by atoms with Crippen LogP contribution in [0.15, 0.2) is 24.3 Å². The molecule has 0 bridgehead atoms. The van der Waals surface area contributed by atoms with Crippen molar-refractivity contribution in [3.05, 3.63) is 29.8 Å². The van der Waals surface area contributed by atoms with Crippen molar-refractivity contribution >= 4 is 11.9 Å². The Morgan fingerprint density at radius 1 is 1.36 bits per heavy atom. The molecule has 25 heavy (non-hydrogen) atoms. The minimum Gasteiger partial charge on any atom is -0.494 e. The number of benzene rings is 1. The van der Waals surface area contributed by atoms with E-state index in [9.17, 15) is 14.7 Å². The van der Waals surface area contributed by atoms with Crippen molar-refractivity contribution in [1.29, 1.82) is 0 Å². The highest BCUT2D eigenvalue weighted by Gasteiger charge is 2.30. The lowest BCUT2D eigenvalue weighted by Gasteiger charge is -2.34. The third-order valence-corrected chi connectivity index (χ3v) is 4.35. The molecule has 0 spiro atoms. The number of nitrogens with zero attached hydrogens (tertiary/aromatic N) is 1. The molecule has 1 aromatic carbocycles. The first-order chi connectivity index (χ1) is 11.9. The van der Waals surface area contributed by atoms with Crippen LogP contribution in [0, 0.1) is 18.8 Å². The molecule has 0 saturated carbocycles. The Labute approximate surface area is 149 Å². The summed E-state index contributed by atoms with van der Waals surface area (Å²) >= 11 is 0. The Balaban J connectivity index is 1.62. The SMILES string of the molecule is Cc1cccc(OCCCNC(=O)CN2CC(C)CC(C(=O)O)C2)c1. The van der Waals surface area contributed by atoms with E-state index in [0.29, 0.717) is 32.0 Å². The molecule has 1 fully saturated rings. The van der Waals surface area contributed by atoms with E-state index >= 15 is 0 Å². The van der Waals surface area contributed by atoms with Crippen molar-refractivity contribution in [2.24, 2.45) is 11.8 Å². The van der Waals surface area contributed by atoms with Gasteiger partial charge in [-0.3, -0.25) is 14.5 Å². The molecular weight excluding hydrogens is 320 g/mol. The summed E-state index contributed by atoms with van der Waals surface area (Å²) in [4.78, 5) is 25.1. The van der Waals surface area contributed by atoms with Crippen molar-refractivity contribution in [3.63, 3.8) is 0 Å². The minimum absolute atomic E-state index is 0.0613. The summed E-state index contributed by atoms with van der Waals surface area (Å²) in [5, 5.41) is 12.1. The van der Waals surface area contributed by atoms with Crippen LogP contribution in [-0.2, 0) is 9.59 Å². The number of rotatable bonds is 8. The smallest absolute Gasteiger partial charge is 0.307 e. The van der Waals surface area contributed by atoms with Gasteiger partial charge in [0, 0.05) is 19.6 Å². The van der Waals surface area contributed by atoms with E-state index in [0.717, 1.165) is 24.3 Å². The first kappa shape index (κ1) is 19.2. The van der Waals surface area contributed by atoms with Crippen LogP contribution >= 0.6 is 0 Å². The maximum absolute atomic E-state index is 12.0. The number of carbonyl (C=O) groups excluding carboxylic acids is 1. The molecule has 1 aliphatic heterocycles. The zero-order chi connectivity index (χ0) is 18.2. The minimum atomic E-state index is -0.773. The Hall–Kier alpha value is -2.08. The quantitative estimate of drug-likeness (QED) is 0.702. The maximum atomic E-state index is 12.0. The van der Waals surface area contributed by atoms with Crippen LogP contribution in [0.25, 0.3) is 0 Å². The zero-order valence-corrected chi connectivity index (χ0v) is 15.0. The van der Waals surface area contributed by atoms with Crippen LogP contribution < -0.4 is 10.1 Å². The normalized spacial score (nSPS) is 20.9. The zero-order valence-electron chi connectivity index (χ0n) is 15.0. The molecule has 0 aromatic heterocycles. The second-order valence-electron chi connectivity index (χ2n) is 6.94. The molecule has 2 rings (SSSR count). The Morgan fingerprint density at radius 3 is 2.88 bits per heavy atom. The van der Waals surface area contributed by atoms with Gasteiger partial charge in [-0.05, 0) is 43.4 Å². The molecule has 0 radical (unpaired) electrons. The van der Waals surface area contributed by atoms with E-state index in [1.807, 2.05) is 43.0 Å². The van der Waals surface area contributed by atoms with Crippen LogP contribution in [0.2, 0.25) is 0 Å². The number of hydrogen-bond donors (Lipinski definition) is 2. The summed E-state index contributed by atoms with van der Waals surface area (Å²) in [6.07, 6.45) is 1.41. The van der Waals surface area contributed by atoms with E-state index in [2.05, 4.69) is 5.32 Å². The molecule has 2 unspecified atom stereocenters. The molecule has 6 nitrogen and oxygen atoms in total. The molecule has 1 amide bonds. The fraction of sp³-hybridized carbons (Fsp3) is 0.579. The highest BCUT2D eigenvalue weighted by molar-refractivity contribution is 5.78. The second-order valence-corrected chi connectivity index (χ2v) is 6.94. The van der Waals surface area contributed by atoms with Crippen molar-refractivity contribution in [3.8, 4) is 5.75 Å². The Bertz CT molecular complexity index is 591. The monoisotopic (exact) mass is 348 g/mol.